The van der Waals surface area contributed by atoms with E-state index < -0.39 is 24.4 Å². The van der Waals surface area contributed by atoms with Crippen molar-refractivity contribution < 1.29 is 31.1 Å². The van der Waals surface area contributed by atoms with E-state index in [4.69, 9.17) is 0 Å². The van der Waals surface area contributed by atoms with Gasteiger partial charge in [0.15, 0.2) is 5.92 Å². The second-order valence-electron chi connectivity index (χ2n) is 3.11. The first-order valence-electron chi connectivity index (χ1n) is 3.98. The van der Waals surface area contributed by atoms with Gasteiger partial charge in [-0.25, -0.2) is 0 Å². The minimum absolute atomic E-state index is 0.0344. The van der Waals surface area contributed by atoms with Crippen LogP contribution < -0.4 is 0 Å². The van der Waals surface area contributed by atoms with Crippen molar-refractivity contribution >= 4 is 0 Å². The topological polar surface area (TPSA) is 9.23 Å². The first kappa shape index (κ1) is 11.6. The fraction of sp³-hybridized carbons (Fsp3) is 1.00. The van der Waals surface area contributed by atoms with Crippen LogP contribution in [0.2, 0.25) is 0 Å². The van der Waals surface area contributed by atoms with Crippen LogP contribution in [0, 0.1) is 5.92 Å². The van der Waals surface area contributed by atoms with Crippen LogP contribution in [0.1, 0.15) is 12.8 Å². The van der Waals surface area contributed by atoms with Crippen molar-refractivity contribution in [1.82, 2.24) is 0 Å². The first-order valence-corrected chi connectivity index (χ1v) is 3.98. The molecule has 1 rings (SSSR count). The van der Waals surface area contributed by atoms with Gasteiger partial charge in [-0.15, -0.1) is 0 Å². The molecule has 0 N–H and O–H groups in total. The van der Waals surface area contributed by atoms with Crippen molar-refractivity contribution in [3.05, 3.63) is 0 Å². The van der Waals surface area contributed by atoms with E-state index in [0.29, 0.717) is 0 Å². The van der Waals surface area contributed by atoms with E-state index in [-0.39, 0.29) is 19.4 Å². The molecular weight excluding hydrogens is 214 g/mol. The summed E-state index contributed by atoms with van der Waals surface area (Å²) in [5.41, 5.74) is 0. The summed E-state index contributed by atoms with van der Waals surface area (Å²) in [6.45, 7) is -0.0344. The summed E-state index contributed by atoms with van der Waals surface area (Å²) < 4.78 is 76.8. The Hall–Kier alpha value is -0.460. The Kier molecular flexibility index (Phi) is 2.99. The van der Waals surface area contributed by atoms with Gasteiger partial charge in [-0.05, 0) is 12.8 Å². The Balaban J connectivity index is 2.82. The summed E-state index contributed by atoms with van der Waals surface area (Å²) in [6.07, 6.45) is -12.3. The standard InChI is InChI=1S/C7H8F6O/c8-6(9,10)5(7(11,12)13)4-2-1-3-14-4/h4-5H,1-3H2. The van der Waals surface area contributed by atoms with Gasteiger partial charge in [-0.3, -0.25) is 0 Å². The summed E-state index contributed by atoms with van der Waals surface area (Å²) in [5.74, 6) is -3.35. The molecule has 1 saturated heterocycles. The highest BCUT2D eigenvalue weighted by Gasteiger charge is 2.61. The summed E-state index contributed by atoms with van der Waals surface area (Å²) in [7, 11) is 0. The van der Waals surface area contributed by atoms with Gasteiger partial charge < -0.3 is 4.74 Å². The molecule has 14 heavy (non-hydrogen) atoms. The lowest BCUT2D eigenvalue weighted by atomic mass is 9.99. The molecule has 1 atom stereocenters. The normalized spacial score (nSPS) is 24.6. The summed E-state index contributed by atoms with van der Waals surface area (Å²) >= 11 is 0. The molecule has 0 spiro atoms. The summed E-state index contributed by atoms with van der Waals surface area (Å²) in [6, 6.07) is 0. The fourth-order valence-corrected chi connectivity index (χ4v) is 1.47. The number of alkyl halides is 6. The maximum Gasteiger partial charge on any atom is 0.403 e. The molecule has 1 fully saturated rings. The van der Waals surface area contributed by atoms with E-state index in [1.807, 2.05) is 0 Å². The second-order valence-corrected chi connectivity index (χ2v) is 3.11. The highest BCUT2D eigenvalue weighted by Crippen LogP contribution is 2.44. The van der Waals surface area contributed by atoms with Gasteiger partial charge >= 0.3 is 12.4 Å². The average Bonchev–Trinajstić information content (AvgIpc) is 2.31. The van der Waals surface area contributed by atoms with Gasteiger partial charge in [0.2, 0.25) is 0 Å². The number of hydrogen-bond acceptors (Lipinski definition) is 1. The molecule has 1 unspecified atom stereocenters. The van der Waals surface area contributed by atoms with Crippen LogP contribution in [0.25, 0.3) is 0 Å². The van der Waals surface area contributed by atoms with Crippen molar-refractivity contribution in [2.45, 2.75) is 31.3 Å². The molecule has 0 bridgehead atoms. The third-order valence-corrected chi connectivity index (χ3v) is 2.04. The van der Waals surface area contributed by atoms with Gasteiger partial charge in [0.1, 0.15) is 0 Å². The van der Waals surface area contributed by atoms with E-state index in [1.54, 1.807) is 0 Å². The molecule has 0 aromatic heterocycles. The highest BCUT2D eigenvalue weighted by atomic mass is 19.4. The Morgan fingerprint density at radius 2 is 1.50 bits per heavy atom. The lowest BCUT2D eigenvalue weighted by Crippen LogP contribution is -2.44. The zero-order valence-corrected chi connectivity index (χ0v) is 6.95. The van der Waals surface area contributed by atoms with E-state index >= 15 is 0 Å². The van der Waals surface area contributed by atoms with Crippen LogP contribution in [-0.2, 0) is 4.74 Å². The van der Waals surface area contributed by atoms with Crippen molar-refractivity contribution in [3.63, 3.8) is 0 Å². The minimum atomic E-state index is -5.28. The maximum atomic E-state index is 12.1. The smallest absolute Gasteiger partial charge is 0.377 e. The molecule has 0 aliphatic carbocycles. The van der Waals surface area contributed by atoms with Crippen molar-refractivity contribution in [1.29, 1.82) is 0 Å². The molecule has 7 heteroatoms. The van der Waals surface area contributed by atoms with E-state index in [0.717, 1.165) is 0 Å². The SMILES string of the molecule is FC(F)(F)C(C1CCCO1)C(F)(F)F. The van der Waals surface area contributed by atoms with Crippen molar-refractivity contribution in [2.75, 3.05) is 6.61 Å². The first-order chi connectivity index (χ1) is 6.23. The average molecular weight is 222 g/mol. The largest absolute Gasteiger partial charge is 0.403 e. The third kappa shape index (κ3) is 2.52. The second kappa shape index (κ2) is 3.60. The molecule has 0 amide bonds. The number of ether oxygens (including phenoxy) is 1. The van der Waals surface area contributed by atoms with Gasteiger partial charge in [-0.1, -0.05) is 0 Å². The number of halogens is 6. The number of rotatable bonds is 1. The molecule has 1 nitrogen and oxygen atoms in total. The Labute approximate surface area is 76.0 Å². The molecule has 0 aromatic carbocycles. The molecule has 0 aromatic rings. The van der Waals surface area contributed by atoms with E-state index in [1.165, 1.54) is 0 Å². The van der Waals surface area contributed by atoms with E-state index in [9.17, 15) is 26.3 Å². The van der Waals surface area contributed by atoms with Crippen LogP contribution in [0.3, 0.4) is 0 Å². The van der Waals surface area contributed by atoms with Crippen molar-refractivity contribution in [3.8, 4) is 0 Å². The van der Waals surface area contributed by atoms with Gasteiger partial charge in [0.05, 0.1) is 6.10 Å². The molecule has 1 aliphatic rings. The predicted octanol–water partition coefficient (Wildman–Crippen LogP) is 2.91. The molecule has 1 heterocycles. The van der Waals surface area contributed by atoms with E-state index in [2.05, 4.69) is 4.74 Å². The zero-order chi connectivity index (χ0) is 11.0. The Morgan fingerprint density at radius 3 is 1.79 bits per heavy atom. The van der Waals surface area contributed by atoms with Crippen LogP contribution >= 0.6 is 0 Å². The quantitative estimate of drug-likeness (QED) is 0.620. The zero-order valence-electron chi connectivity index (χ0n) is 6.95. The maximum absolute atomic E-state index is 12.1. The van der Waals surface area contributed by atoms with Crippen LogP contribution in [0.4, 0.5) is 26.3 Å². The van der Waals surface area contributed by atoms with Crippen LogP contribution in [0.15, 0.2) is 0 Å². The van der Waals surface area contributed by atoms with Crippen LogP contribution in [-0.4, -0.2) is 25.1 Å². The van der Waals surface area contributed by atoms with Crippen molar-refractivity contribution in [2.24, 2.45) is 5.92 Å². The summed E-state index contributed by atoms with van der Waals surface area (Å²) in [5, 5.41) is 0. The Bertz CT molecular complexity index is 175. The lowest BCUT2D eigenvalue weighted by Gasteiger charge is -2.27. The molecule has 1 aliphatic heterocycles. The number of hydrogen-bond donors (Lipinski definition) is 0. The Morgan fingerprint density at radius 1 is 1.00 bits per heavy atom. The molecule has 0 radical (unpaired) electrons. The monoisotopic (exact) mass is 222 g/mol. The molecule has 84 valence electrons. The predicted molar refractivity (Wildman–Crippen MR) is 34.6 cm³/mol. The minimum Gasteiger partial charge on any atom is -0.377 e. The van der Waals surface area contributed by atoms with Gasteiger partial charge in [0.25, 0.3) is 0 Å². The fourth-order valence-electron chi connectivity index (χ4n) is 1.47. The highest BCUT2D eigenvalue weighted by molar-refractivity contribution is 4.85. The molecule has 0 saturated carbocycles. The van der Waals surface area contributed by atoms with Gasteiger partial charge in [0, 0.05) is 6.61 Å². The molecular formula is C7H8F6O. The van der Waals surface area contributed by atoms with Gasteiger partial charge in [-0.2, -0.15) is 26.3 Å². The summed E-state index contributed by atoms with van der Waals surface area (Å²) in [4.78, 5) is 0. The van der Waals surface area contributed by atoms with Crippen LogP contribution in [0.5, 0.6) is 0 Å². The lowest BCUT2D eigenvalue weighted by molar-refractivity contribution is -0.306. The third-order valence-electron chi connectivity index (χ3n) is 2.04.